The number of carbonyl (C=O) groups is 2. The maximum Gasteiger partial charge on any atom is 0.257 e. The SMILES string of the molecule is COCCN(CCC(=O)NCCc1ccc(OC)c(OC)c1)C(=O)c1ccoc1. The fourth-order valence-electron chi connectivity index (χ4n) is 2.79. The van der Waals surface area contributed by atoms with Crippen LogP contribution in [0.1, 0.15) is 22.3 Å². The van der Waals surface area contributed by atoms with E-state index in [-0.39, 0.29) is 18.2 Å². The van der Waals surface area contributed by atoms with E-state index in [1.165, 1.54) is 12.5 Å². The number of nitrogens with one attached hydrogen (secondary N) is 1. The third kappa shape index (κ3) is 6.83. The Morgan fingerprint density at radius 1 is 1.07 bits per heavy atom. The van der Waals surface area contributed by atoms with Gasteiger partial charge in [-0.2, -0.15) is 0 Å². The molecule has 0 saturated heterocycles. The summed E-state index contributed by atoms with van der Waals surface area (Å²) in [5.41, 5.74) is 1.48. The molecule has 8 heteroatoms. The van der Waals surface area contributed by atoms with Gasteiger partial charge in [-0.25, -0.2) is 0 Å². The number of nitrogens with zero attached hydrogens (tertiary/aromatic N) is 1. The van der Waals surface area contributed by atoms with E-state index < -0.39 is 0 Å². The van der Waals surface area contributed by atoms with Gasteiger partial charge >= 0.3 is 0 Å². The smallest absolute Gasteiger partial charge is 0.257 e. The van der Waals surface area contributed by atoms with E-state index in [4.69, 9.17) is 18.6 Å². The molecule has 0 fully saturated rings. The van der Waals surface area contributed by atoms with Crippen LogP contribution in [0.15, 0.2) is 41.2 Å². The van der Waals surface area contributed by atoms with Crippen molar-refractivity contribution in [1.82, 2.24) is 10.2 Å². The second kappa shape index (κ2) is 11.8. The molecule has 1 N–H and O–H groups in total. The zero-order chi connectivity index (χ0) is 21.1. The lowest BCUT2D eigenvalue weighted by Crippen LogP contribution is -2.37. The highest BCUT2D eigenvalue weighted by atomic mass is 16.5. The Labute approximate surface area is 170 Å². The summed E-state index contributed by atoms with van der Waals surface area (Å²) in [7, 11) is 4.75. The van der Waals surface area contributed by atoms with E-state index in [0.717, 1.165) is 5.56 Å². The molecule has 0 bridgehead atoms. The average molecular weight is 404 g/mol. The van der Waals surface area contributed by atoms with Gasteiger partial charge in [0.25, 0.3) is 5.91 Å². The van der Waals surface area contributed by atoms with Gasteiger partial charge in [0.15, 0.2) is 11.5 Å². The number of hydrogen-bond acceptors (Lipinski definition) is 6. The first-order valence-corrected chi connectivity index (χ1v) is 9.37. The molecule has 0 spiro atoms. The van der Waals surface area contributed by atoms with Gasteiger partial charge in [0.1, 0.15) is 6.26 Å². The predicted octanol–water partition coefficient (Wildman–Crippen LogP) is 2.13. The first kappa shape index (κ1) is 22.3. The van der Waals surface area contributed by atoms with E-state index >= 15 is 0 Å². The van der Waals surface area contributed by atoms with Crippen molar-refractivity contribution in [1.29, 1.82) is 0 Å². The molecule has 0 aliphatic rings. The number of rotatable bonds is 12. The quantitative estimate of drug-likeness (QED) is 0.583. The molecule has 1 aromatic carbocycles. The third-order valence-electron chi connectivity index (χ3n) is 4.41. The Balaban J connectivity index is 1.80. The fourth-order valence-corrected chi connectivity index (χ4v) is 2.79. The minimum atomic E-state index is -0.186. The Morgan fingerprint density at radius 3 is 2.52 bits per heavy atom. The number of methoxy groups -OCH3 is 3. The van der Waals surface area contributed by atoms with Gasteiger partial charge in [-0.1, -0.05) is 6.07 Å². The van der Waals surface area contributed by atoms with Crippen LogP contribution in [0.3, 0.4) is 0 Å². The topological polar surface area (TPSA) is 90.2 Å². The zero-order valence-corrected chi connectivity index (χ0v) is 17.1. The van der Waals surface area contributed by atoms with E-state index in [9.17, 15) is 9.59 Å². The maximum absolute atomic E-state index is 12.5. The van der Waals surface area contributed by atoms with Crippen LogP contribution in [0.25, 0.3) is 0 Å². The lowest BCUT2D eigenvalue weighted by Gasteiger charge is -2.21. The van der Waals surface area contributed by atoms with Crippen LogP contribution in [0, 0.1) is 0 Å². The summed E-state index contributed by atoms with van der Waals surface area (Å²) in [6.45, 7) is 1.58. The molecule has 158 valence electrons. The molecule has 0 atom stereocenters. The number of ether oxygens (including phenoxy) is 3. The van der Waals surface area contributed by atoms with Gasteiger partial charge in [-0.15, -0.1) is 0 Å². The normalized spacial score (nSPS) is 10.4. The Bertz CT molecular complexity index is 775. The van der Waals surface area contributed by atoms with Gasteiger partial charge in [0, 0.05) is 33.2 Å². The van der Waals surface area contributed by atoms with Crippen LogP contribution in [0.4, 0.5) is 0 Å². The van der Waals surface area contributed by atoms with Crippen LogP contribution in [0.2, 0.25) is 0 Å². The van der Waals surface area contributed by atoms with Crippen molar-refractivity contribution in [2.24, 2.45) is 0 Å². The van der Waals surface area contributed by atoms with Crippen LogP contribution in [-0.4, -0.2) is 64.3 Å². The number of benzene rings is 1. The summed E-state index contributed by atoms with van der Waals surface area (Å²) in [6, 6.07) is 7.26. The summed E-state index contributed by atoms with van der Waals surface area (Å²) < 4.78 is 20.5. The van der Waals surface area contributed by atoms with Gasteiger partial charge < -0.3 is 28.8 Å². The Morgan fingerprint density at radius 2 is 1.86 bits per heavy atom. The Hall–Kier alpha value is -3.00. The van der Waals surface area contributed by atoms with Crippen molar-refractivity contribution in [2.45, 2.75) is 12.8 Å². The van der Waals surface area contributed by atoms with E-state index in [2.05, 4.69) is 5.32 Å². The zero-order valence-electron chi connectivity index (χ0n) is 17.1. The van der Waals surface area contributed by atoms with Gasteiger partial charge in [-0.05, 0) is 30.2 Å². The second-order valence-corrected chi connectivity index (χ2v) is 6.34. The number of amides is 2. The van der Waals surface area contributed by atoms with E-state index in [1.807, 2.05) is 18.2 Å². The molecule has 0 aliphatic heterocycles. The minimum Gasteiger partial charge on any atom is -0.493 e. The molecule has 1 heterocycles. The standard InChI is InChI=1S/C21H28N2O6/c1-26-13-11-23(21(25)17-8-12-29-15-17)10-7-20(24)22-9-6-16-4-5-18(27-2)19(14-16)28-3/h4-5,8,12,14-15H,6-7,9-11,13H2,1-3H3,(H,22,24). The molecule has 29 heavy (non-hydrogen) atoms. The summed E-state index contributed by atoms with van der Waals surface area (Å²) >= 11 is 0. The minimum absolute atomic E-state index is 0.118. The third-order valence-corrected chi connectivity index (χ3v) is 4.41. The van der Waals surface area contributed by atoms with Crippen LogP contribution in [0.5, 0.6) is 11.5 Å². The molecule has 0 saturated carbocycles. The summed E-state index contributed by atoms with van der Waals surface area (Å²) in [4.78, 5) is 26.3. The lowest BCUT2D eigenvalue weighted by atomic mass is 10.1. The first-order chi connectivity index (χ1) is 14.1. The molecule has 2 aromatic rings. The average Bonchev–Trinajstić information content (AvgIpc) is 3.28. The largest absolute Gasteiger partial charge is 0.493 e. The van der Waals surface area contributed by atoms with Crippen molar-refractivity contribution >= 4 is 11.8 Å². The monoisotopic (exact) mass is 404 g/mol. The number of furan rings is 1. The van der Waals surface area contributed by atoms with Crippen LogP contribution < -0.4 is 14.8 Å². The fraction of sp³-hybridized carbons (Fsp3) is 0.429. The first-order valence-electron chi connectivity index (χ1n) is 9.37. The van der Waals surface area contributed by atoms with Crippen molar-refractivity contribution < 1.29 is 28.2 Å². The van der Waals surface area contributed by atoms with Crippen molar-refractivity contribution in [3.63, 3.8) is 0 Å². The summed E-state index contributed by atoms with van der Waals surface area (Å²) in [5.74, 6) is 1.02. The predicted molar refractivity (Wildman–Crippen MR) is 107 cm³/mol. The number of carbonyl (C=O) groups excluding carboxylic acids is 2. The van der Waals surface area contributed by atoms with Crippen LogP contribution in [-0.2, 0) is 16.0 Å². The van der Waals surface area contributed by atoms with Crippen molar-refractivity contribution in [3.8, 4) is 11.5 Å². The molecular weight excluding hydrogens is 376 g/mol. The molecule has 1 aromatic heterocycles. The van der Waals surface area contributed by atoms with Gasteiger partial charge in [0.05, 0.1) is 32.7 Å². The molecular formula is C21H28N2O6. The van der Waals surface area contributed by atoms with Crippen molar-refractivity contribution in [2.75, 3.05) is 47.6 Å². The summed E-state index contributed by atoms with van der Waals surface area (Å²) in [6.07, 6.45) is 3.71. The number of hydrogen-bond donors (Lipinski definition) is 1. The molecule has 0 aliphatic carbocycles. The Kier molecular flexibility index (Phi) is 9.04. The van der Waals surface area contributed by atoms with E-state index in [1.54, 1.807) is 32.3 Å². The highest BCUT2D eigenvalue weighted by Crippen LogP contribution is 2.27. The van der Waals surface area contributed by atoms with Gasteiger partial charge in [-0.3, -0.25) is 9.59 Å². The second-order valence-electron chi connectivity index (χ2n) is 6.34. The highest BCUT2D eigenvalue weighted by Gasteiger charge is 2.17. The molecule has 0 unspecified atom stereocenters. The molecule has 2 amide bonds. The van der Waals surface area contributed by atoms with E-state index in [0.29, 0.717) is 49.7 Å². The molecule has 0 radical (unpaired) electrons. The van der Waals surface area contributed by atoms with Crippen molar-refractivity contribution in [3.05, 3.63) is 47.9 Å². The lowest BCUT2D eigenvalue weighted by molar-refractivity contribution is -0.121. The molecule has 8 nitrogen and oxygen atoms in total. The maximum atomic E-state index is 12.5. The molecule has 2 rings (SSSR count). The van der Waals surface area contributed by atoms with Crippen LogP contribution >= 0.6 is 0 Å². The van der Waals surface area contributed by atoms with Gasteiger partial charge in [0.2, 0.25) is 5.91 Å². The summed E-state index contributed by atoms with van der Waals surface area (Å²) in [5, 5.41) is 2.88. The highest BCUT2D eigenvalue weighted by molar-refractivity contribution is 5.94.